The minimum absolute atomic E-state index is 0.244. The van der Waals surface area contributed by atoms with E-state index in [2.05, 4.69) is 24.2 Å². The van der Waals surface area contributed by atoms with Crippen molar-refractivity contribution in [1.29, 1.82) is 0 Å². The van der Waals surface area contributed by atoms with Crippen LogP contribution < -0.4 is 5.73 Å². The van der Waals surface area contributed by atoms with E-state index in [0.717, 1.165) is 23.1 Å². The predicted octanol–water partition coefficient (Wildman–Crippen LogP) is 3.55. The number of benzene rings is 1. The van der Waals surface area contributed by atoms with E-state index in [1.165, 1.54) is 0 Å². The van der Waals surface area contributed by atoms with Crippen molar-refractivity contribution in [3.63, 3.8) is 0 Å². The van der Waals surface area contributed by atoms with Crippen LogP contribution in [-0.2, 0) is 13.0 Å². The smallest absolute Gasteiger partial charge is 0.193 e. The molecule has 0 fully saturated rings. The van der Waals surface area contributed by atoms with Crippen LogP contribution in [0.25, 0.3) is 10.9 Å². The molecular formula is C15H16ClN3O. The highest BCUT2D eigenvalue weighted by atomic mass is 35.5. The Labute approximate surface area is 122 Å². The number of aryl methyl sites for hydroxylation is 1. The van der Waals surface area contributed by atoms with Gasteiger partial charge in [0.25, 0.3) is 0 Å². The van der Waals surface area contributed by atoms with Crippen molar-refractivity contribution in [3.8, 4) is 0 Å². The molecule has 0 amide bonds. The number of aromatic nitrogens is 2. The van der Waals surface area contributed by atoms with Gasteiger partial charge in [0.2, 0.25) is 0 Å². The average Bonchev–Trinajstić information content (AvgIpc) is 3.03. The summed E-state index contributed by atoms with van der Waals surface area (Å²) in [4.78, 5) is 0. The molecule has 0 saturated carbocycles. The highest BCUT2D eigenvalue weighted by Gasteiger charge is 2.16. The van der Waals surface area contributed by atoms with E-state index in [1.807, 2.05) is 22.9 Å². The summed E-state index contributed by atoms with van der Waals surface area (Å²) >= 11 is 5.79. The van der Waals surface area contributed by atoms with Crippen molar-refractivity contribution in [2.75, 3.05) is 0 Å². The van der Waals surface area contributed by atoms with Crippen LogP contribution in [0.1, 0.15) is 24.4 Å². The predicted molar refractivity (Wildman–Crippen MR) is 79.8 cm³/mol. The van der Waals surface area contributed by atoms with E-state index >= 15 is 0 Å². The molecule has 20 heavy (non-hydrogen) atoms. The maximum Gasteiger partial charge on any atom is 0.193 e. The first-order valence-electron chi connectivity index (χ1n) is 6.64. The molecule has 2 aromatic heterocycles. The molecule has 104 valence electrons. The second kappa shape index (κ2) is 5.31. The molecule has 0 aliphatic heterocycles. The normalized spacial score (nSPS) is 12.9. The molecule has 0 aliphatic rings. The van der Waals surface area contributed by atoms with E-state index in [-0.39, 0.29) is 6.04 Å². The Hall–Kier alpha value is -1.78. The Morgan fingerprint density at radius 1 is 1.30 bits per heavy atom. The van der Waals surface area contributed by atoms with Gasteiger partial charge in [-0.15, -0.1) is 0 Å². The Bertz CT molecular complexity index is 732. The van der Waals surface area contributed by atoms with Crippen molar-refractivity contribution < 1.29 is 4.42 Å². The van der Waals surface area contributed by atoms with Crippen molar-refractivity contribution in [1.82, 2.24) is 9.78 Å². The number of rotatable bonds is 4. The van der Waals surface area contributed by atoms with Crippen LogP contribution in [0.15, 0.2) is 40.8 Å². The summed E-state index contributed by atoms with van der Waals surface area (Å²) in [5.41, 5.74) is 8.30. The lowest BCUT2D eigenvalue weighted by Crippen LogP contribution is -2.13. The van der Waals surface area contributed by atoms with Crippen LogP contribution in [0.2, 0.25) is 5.22 Å². The highest BCUT2D eigenvalue weighted by molar-refractivity contribution is 6.28. The van der Waals surface area contributed by atoms with E-state index in [1.54, 1.807) is 6.07 Å². The molecule has 1 unspecified atom stereocenters. The van der Waals surface area contributed by atoms with Gasteiger partial charge in [0, 0.05) is 18.4 Å². The van der Waals surface area contributed by atoms with Gasteiger partial charge in [-0.05, 0) is 36.7 Å². The van der Waals surface area contributed by atoms with E-state index in [9.17, 15) is 0 Å². The third-order valence-electron chi connectivity index (χ3n) is 3.41. The van der Waals surface area contributed by atoms with Gasteiger partial charge in [-0.25, -0.2) is 0 Å². The van der Waals surface area contributed by atoms with Gasteiger partial charge < -0.3 is 10.2 Å². The van der Waals surface area contributed by atoms with Crippen LogP contribution in [0.4, 0.5) is 0 Å². The number of furan rings is 1. The molecule has 4 nitrogen and oxygen atoms in total. The summed E-state index contributed by atoms with van der Waals surface area (Å²) in [5.74, 6) is 0.685. The molecular weight excluding hydrogens is 274 g/mol. The first-order valence-corrected chi connectivity index (χ1v) is 7.02. The Kier molecular flexibility index (Phi) is 3.51. The fourth-order valence-corrected chi connectivity index (χ4v) is 2.58. The van der Waals surface area contributed by atoms with Crippen molar-refractivity contribution in [3.05, 3.63) is 53.1 Å². The van der Waals surface area contributed by atoms with Gasteiger partial charge in [0.05, 0.1) is 17.3 Å². The molecule has 2 heterocycles. The molecule has 3 aromatic rings. The van der Waals surface area contributed by atoms with E-state index in [4.69, 9.17) is 21.8 Å². The fraction of sp³-hybridized carbons (Fsp3) is 0.267. The number of fused-ring (bicyclic) bond motifs is 1. The number of hydrogen-bond acceptors (Lipinski definition) is 3. The molecule has 3 rings (SSSR count). The van der Waals surface area contributed by atoms with Crippen molar-refractivity contribution in [2.24, 2.45) is 5.73 Å². The van der Waals surface area contributed by atoms with Crippen LogP contribution >= 0.6 is 11.6 Å². The third kappa shape index (κ3) is 2.32. The Balaban J connectivity index is 1.94. The summed E-state index contributed by atoms with van der Waals surface area (Å²) in [7, 11) is 0. The lowest BCUT2D eigenvalue weighted by molar-refractivity contribution is 0.463. The van der Waals surface area contributed by atoms with Crippen molar-refractivity contribution in [2.45, 2.75) is 25.9 Å². The summed E-state index contributed by atoms with van der Waals surface area (Å²) in [6, 6.07) is 11.5. The molecule has 1 atom stereocenters. The lowest BCUT2D eigenvalue weighted by Gasteiger charge is -2.06. The molecule has 0 radical (unpaired) electrons. The average molecular weight is 290 g/mol. The zero-order valence-corrected chi connectivity index (χ0v) is 12.0. The van der Waals surface area contributed by atoms with Gasteiger partial charge in [-0.1, -0.05) is 18.2 Å². The quantitative estimate of drug-likeness (QED) is 0.799. The third-order valence-corrected chi connectivity index (χ3v) is 3.61. The maximum absolute atomic E-state index is 6.18. The molecule has 1 aromatic carbocycles. The zero-order chi connectivity index (χ0) is 14.1. The topological polar surface area (TPSA) is 57.0 Å². The summed E-state index contributed by atoms with van der Waals surface area (Å²) < 4.78 is 7.36. The van der Waals surface area contributed by atoms with Crippen LogP contribution in [0, 0.1) is 0 Å². The van der Waals surface area contributed by atoms with Crippen LogP contribution in [-0.4, -0.2) is 9.78 Å². The first kappa shape index (κ1) is 13.2. The number of para-hydroxylation sites is 1. The van der Waals surface area contributed by atoms with Crippen LogP contribution in [0.3, 0.4) is 0 Å². The summed E-state index contributed by atoms with van der Waals surface area (Å²) in [6.07, 6.45) is 0.622. The lowest BCUT2D eigenvalue weighted by atomic mass is 10.1. The van der Waals surface area contributed by atoms with Gasteiger partial charge in [0.1, 0.15) is 5.76 Å². The summed E-state index contributed by atoms with van der Waals surface area (Å²) in [5, 5.41) is 6.14. The summed E-state index contributed by atoms with van der Waals surface area (Å²) in [6.45, 7) is 2.91. The monoisotopic (exact) mass is 289 g/mol. The van der Waals surface area contributed by atoms with Crippen LogP contribution in [0.5, 0.6) is 0 Å². The zero-order valence-electron chi connectivity index (χ0n) is 11.2. The highest BCUT2D eigenvalue weighted by Crippen LogP contribution is 2.25. The molecule has 2 N–H and O–H groups in total. The Morgan fingerprint density at radius 2 is 2.10 bits per heavy atom. The van der Waals surface area contributed by atoms with E-state index in [0.29, 0.717) is 17.4 Å². The molecule has 0 saturated heterocycles. The minimum Gasteiger partial charge on any atom is -0.448 e. The van der Waals surface area contributed by atoms with E-state index < -0.39 is 0 Å². The number of nitrogens with two attached hydrogens (primary N) is 1. The first-order chi connectivity index (χ1) is 9.69. The van der Waals surface area contributed by atoms with Gasteiger partial charge in [0.15, 0.2) is 5.22 Å². The SMILES string of the molecule is CCn1nc(CC(N)c2ccc(Cl)o2)c2ccccc21. The maximum atomic E-state index is 6.18. The largest absolute Gasteiger partial charge is 0.448 e. The van der Waals surface area contributed by atoms with Gasteiger partial charge in [-0.2, -0.15) is 5.10 Å². The molecule has 0 aliphatic carbocycles. The second-order valence-corrected chi connectivity index (χ2v) is 5.10. The standard InChI is InChI=1S/C15H16ClN3O/c1-2-19-13-6-4-3-5-10(13)12(18-19)9-11(17)14-7-8-15(16)20-14/h3-8,11H,2,9,17H2,1H3. The molecule has 5 heteroatoms. The number of nitrogens with zero attached hydrogens (tertiary/aromatic N) is 2. The number of halogens is 1. The minimum atomic E-state index is -0.244. The Morgan fingerprint density at radius 3 is 2.80 bits per heavy atom. The molecule has 0 spiro atoms. The molecule has 0 bridgehead atoms. The fourth-order valence-electron chi connectivity index (χ4n) is 2.42. The van der Waals surface area contributed by atoms with Gasteiger partial charge in [-0.3, -0.25) is 4.68 Å². The van der Waals surface area contributed by atoms with Gasteiger partial charge >= 0.3 is 0 Å². The number of hydrogen-bond donors (Lipinski definition) is 1. The van der Waals surface area contributed by atoms with Crippen molar-refractivity contribution >= 4 is 22.5 Å². The second-order valence-electron chi connectivity index (χ2n) is 4.73.